The number of para-hydroxylation sites is 2. The Labute approximate surface area is 177 Å². The van der Waals surface area contributed by atoms with Crippen molar-refractivity contribution in [3.8, 4) is 11.5 Å². The number of esters is 1. The molecule has 1 aliphatic heterocycles. The molecule has 0 radical (unpaired) electrons. The third-order valence-corrected chi connectivity index (χ3v) is 5.09. The Morgan fingerprint density at radius 1 is 0.933 bits per heavy atom. The van der Waals surface area contributed by atoms with Crippen molar-refractivity contribution in [1.82, 2.24) is 4.90 Å². The van der Waals surface area contributed by atoms with Crippen LogP contribution in [-0.4, -0.2) is 63.3 Å². The van der Waals surface area contributed by atoms with Gasteiger partial charge in [0.25, 0.3) is 5.91 Å². The van der Waals surface area contributed by atoms with Gasteiger partial charge < -0.3 is 24.0 Å². The van der Waals surface area contributed by atoms with Gasteiger partial charge in [0.05, 0.1) is 12.8 Å². The molecule has 1 saturated heterocycles. The maximum Gasteiger partial charge on any atom is 0.344 e. The summed E-state index contributed by atoms with van der Waals surface area (Å²) in [5, 5.41) is 0. The standard InChI is InChI=1S/C23H28N2O5/c1-17-8-9-20(18(2)14-17)29-16-23(27)30-15-22(26)25-12-10-24(11-13-25)19-6-4-5-7-21(19)28-3/h4-9,14H,10-13,15-16H2,1-3H3. The van der Waals surface area contributed by atoms with Crippen LogP contribution in [0.3, 0.4) is 0 Å². The van der Waals surface area contributed by atoms with Crippen LogP contribution in [0.5, 0.6) is 11.5 Å². The SMILES string of the molecule is COc1ccccc1N1CCN(C(=O)COC(=O)COc2ccc(C)cc2C)CC1. The smallest absolute Gasteiger partial charge is 0.344 e. The molecule has 7 heteroatoms. The second kappa shape index (κ2) is 10.0. The van der Waals surface area contributed by atoms with E-state index in [9.17, 15) is 9.59 Å². The highest BCUT2D eigenvalue weighted by Gasteiger charge is 2.23. The minimum absolute atomic E-state index is 0.199. The Morgan fingerprint density at radius 2 is 1.67 bits per heavy atom. The topological polar surface area (TPSA) is 68.3 Å². The molecular weight excluding hydrogens is 384 g/mol. The Hall–Kier alpha value is -3.22. The zero-order chi connectivity index (χ0) is 21.5. The molecule has 0 unspecified atom stereocenters. The maximum absolute atomic E-state index is 12.4. The predicted octanol–water partition coefficient (Wildman–Crippen LogP) is 2.58. The molecule has 2 aromatic rings. The molecule has 2 aromatic carbocycles. The number of hydrogen-bond donors (Lipinski definition) is 0. The first kappa shape index (κ1) is 21.5. The van der Waals surface area contributed by atoms with Crippen molar-refractivity contribution < 1.29 is 23.8 Å². The first-order valence-electron chi connectivity index (χ1n) is 9.99. The van der Waals surface area contributed by atoms with Crippen LogP contribution in [0.1, 0.15) is 11.1 Å². The number of nitrogens with zero attached hydrogens (tertiary/aromatic N) is 2. The normalized spacial score (nSPS) is 13.7. The van der Waals surface area contributed by atoms with E-state index >= 15 is 0 Å². The van der Waals surface area contributed by atoms with Crippen molar-refractivity contribution in [3.63, 3.8) is 0 Å². The largest absolute Gasteiger partial charge is 0.495 e. The van der Waals surface area contributed by atoms with Crippen LogP contribution in [0.4, 0.5) is 5.69 Å². The summed E-state index contributed by atoms with van der Waals surface area (Å²) in [6.45, 7) is 5.92. The van der Waals surface area contributed by atoms with Crippen molar-refractivity contribution >= 4 is 17.6 Å². The molecule has 0 spiro atoms. The van der Waals surface area contributed by atoms with Gasteiger partial charge in [-0.05, 0) is 37.6 Å². The van der Waals surface area contributed by atoms with E-state index in [0.717, 1.165) is 22.6 Å². The van der Waals surface area contributed by atoms with Gasteiger partial charge in [-0.2, -0.15) is 0 Å². The number of anilines is 1. The van der Waals surface area contributed by atoms with Crippen LogP contribution in [0, 0.1) is 13.8 Å². The number of carbonyl (C=O) groups is 2. The minimum Gasteiger partial charge on any atom is -0.495 e. The third kappa shape index (κ3) is 5.43. The molecular formula is C23H28N2O5. The van der Waals surface area contributed by atoms with Gasteiger partial charge >= 0.3 is 5.97 Å². The second-order valence-corrected chi connectivity index (χ2v) is 7.26. The Morgan fingerprint density at radius 3 is 2.37 bits per heavy atom. The molecule has 1 fully saturated rings. The molecule has 7 nitrogen and oxygen atoms in total. The van der Waals surface area contributed by atoms with E-state index in [1.165, 1.54) is 0 Å². The summed E-state index contributed by atoms with van der Waals surface area (Å²) in [5.74, 6) is 0.692. The first-order chi connectivity index (χ1) is 14.5. The van der Waals surface area contributed by atoms with Gasteiger partial charge in [0.15, 0.2) is 13.2 Å². The highest BCUT2D eigenvalue weighted by Crippen LogP contribution is 2.28. The number of hydrogen-bond acceptors (Lipinski definition) is 6. The van der Waals surface area contributed by atoms with Gasteiger partial charge in [-0.3, -0.25) is 4.79 Å². The summed E-state index contributed by atoms with van der Waals surface area (Å²) in [6, 6.07) is 13.6. The maximum atomic E-state index is 12.4. The van der Waals surface area contributed by atoms with Gasteiger partial charge in [-0.15, -0.1) is 0 Å². The lowest BCUT2D eigenvalue weighted by Crippen LogP contribution is -2.50. The van der Waals surface area contributed by atoms with E-state index in [1.54, 1.807) is 12.0 Å². The fourth-order valence-electron chi connectivity index (χ4n) is 3.46. The van der Waals surface area contributed by atoms with Crippen LogP contribution in [0.2, 0.25) is 0 Å². The molecule has 0 atom stereocenters. The first-order valence-corrected chi connectivity index (χ1v) is 9.99. The van der Waals surface area contributed by atoms with Gasteiger partial charge in [0.2, 0.25) is 0 Å². The summed E-state index contributed by atoms with van der Waals surface area (Å²) >= 11 is 0. The number of rotatable bonds is 7. The fraction of sp³-hybridized carbons (Fsp3) is 0.391. The van der Waals surface area contributed by atoms with Crippen molar-refractivity contribution in [2.45, 2.75) is 13.8 Å². The molecule has 0 aromatic heterocycles. The molecule has 0 saturated carbocycles. The number of amides is 1. The molecule has 160 valence electrons. The zero-order valence-electron chi connectivity index (χ0n) is 17.7. The van der Waals surface area contributed by atoms with Crippen LogP contribution < -0.4 is 14.4 Å². The summed E-state index contributed by atoms with van der Waals surface area (Å²) in [6.07, 6.45) is 0. The summed E-state index contributed by atoms with van der Waals surface area (Å²) in [4.78, 5) is 28.2. The quantitative estimate of drug-likeness (QED) is 0.651. The van der Waals surface area contributed by atoms with Crippen molar-refractivity contribution in [1.29, 1.82) is 0 Å². The average molecular weight is 412 g/mol. The second-order valence-electron chi connectivity index (χ2n) is 7.26. The molecule has 0 aliphatic carbocycles. The predicted molar refractivity (Wildman–Crippen MR) is 114 cm³/mol. The number of methoxy groups -OCH3 is 1. The van der Waals surface area contributed by atoms with E-state index in [0.29, 0.717) is 31.9 Å². The van der Waals surface area contributed by atoms with Gasteiger partial charge in [0.1, 0.15) is 11.5 Å². The minimum atomic E-state index is -0.559. The van der Waals surface area contributed by atoms with Crippen LogP contribution >= 0.6 is 0 Å². The molecule has 0 N–H and O–H groups in total. The lowest BCUT2D eigenvalue weighted by molar-refractivity contribution is -0.153. The number of ether oxygens (including phenoxy) is 3. The lowest BCUT2D eigenvalue weighted by Gasteiger charge is -2.36. The number of piperazine rings is 1. The molecule has 1 amide bonds. The Kier molecular flexibility index (Phi) is 7.17. The number of aryl methyl sites for hydroxylation is 2. The number of carbonyl (C=O) groups excluding carboxylic acids is 2. The summed E-state index contributed by atoms with van der Waals surface area (Å²) in [5.41, 5.74) is 3.09. The molecule has 1 aliphatic rings. The van der Waals surface area contributed by atoms with E-state index < -0.39 is 5.97 Å². The molecule has 3 rings (SSSR count). The molecule has 1 heterocycles. The van der Waals surface area contributed by atoms with Crippen LogP contribution in [-0.2, 0) is 14.3 Å². The van der Waals surface area contributed by atoms with Gasteiger partial charge in [-0.25, -0.2) is 4.79 Å². The highest BCUT2D eigenvalue weighted by atomic mass is 16.6. The van der Waals surface area contributed by atoms with E-state index in [-0.39, 0.29) is 19.1 Å². The van der Waals surface area contributed by atoms with E-state index in [1.807, 2.05) is 56.3 Å². The highest BCUT2D eigenvalue weighted by molar-refractivity contribution is 5.81. The number of benzene rings is 2. The van der Waals surface area contributed by atoms with Crippen molar-refractivity contribution in [2.24, 2.45) is 0 Å². The Balaban J connectivity index is 1.42. The Bertz CT molecular complexity index is 891. The average Bonchev–Trinajstić information content (AvgIpc) is 2.77. The summed E-state index contributed by atoms with van der Waals surface area (Å²) < 4.78 is 16.0. The van der Waals surface area contributed by atoms with Gasteiger partial charge in [-0.1, -0.05) is 29.8 Å². The fourth-order valence-corrected chi connectivity index (χ4v) is 3.46. The molecule has 0 bridgehead atoms. The van der Waals surface area contributed by atoms with Crippen molar-refractivity contribution in [3.05, 3.63) is 53.6 Å². The van der Waals surface area contributed by atoms with E-state index in [2.05, 4.69) is 4.90 Å². The van der Waals surface area contributed by atoms with Gasteiger partial charge in [0, 0.05) is 26.2 Å². The van der Waals surface area contributed by atoms with Crippen LogP contribution in [0.25, 0.3) is 0 Å². The van der Waals surface area contributed by atoms with Crippen molar-refractivity contribution in [2.75, 3.05) is 51.4 Å². The summed E-state index contributed by atoms with van der Waals surface area (Å²) in [7, 11) is 1.65. The monoisotopic (exact) mass is 412 g/mol. The lowest BCUT2D eigenvalue weighted by atomic mass is 10.1. The third-order valence-electron chi connectivity index (χ3n) is 5.09. The molecule has 30 heavy (non-hydrogen) atoms. The zero-order valence-corrected chi connectivity index (χ0v) is 17.7. The van der Waals surface area contributed by atoms with E-state index in [4.69, 9.17) is 14.2 Å². The van der Waals surface area contributed by atoms with Crippen LogP contribution in [0.15, 0.2) is 42.5 Å².